The van der Waals surface area contributed by atoms with E-state index in [9.17, 15) is 14.7 Å². The van der Waals surface area contributed by atoms with Crippen molar-refractivity contribution in [2.45, 2.75) is 17.8 Å². The van der Waals surface area contributed by atoms with E-state index in [4.69, 9.17) is 38.6 Å². The molecule has 0 aliphatic rings. The number of aromatic nitrogens is 1. The summed E-state index contributed by atoms with van der Waals surface area (Å²) in [6.45, 7) is -0.235. The van der Waals surface area contributed by atoms with Crippen LogP contribution >= 0.6 is 23.4 Å². The molecule has 15 heteroatoms. The number of carbonyl (C=O) groups excluding carboxylic acids is 2. The molecule has 0 bridgehead atoms. The molecule has 47 heavy (non-hydrogen) atoms. The molecule has 0 aliphatic carbocycles. The normalized spacial score (nSPS) is 12.3. The van der Waals surface area contributed by atoms with Crippen LogP contribution in [0.4, 0.5) is 0 Å². The van der Waals surface area contributed by atoms with Crippen LogP contribution in [0.2, 0.25) is 5.02 Å². The molecule has 3 aromatic carbocycles. The molecule has 11 nitrogen and oxygen atoms in total. The number of hydrogen-bond acceptors (Lipinski definition) is 12. The zero-order chi connectivity index (χ0) is 33.7. The summed E-state index contributed by atoms with van der Waals surface area (Å²) in [6.07, 6.45) is 3.18. The fourth-order valence-electron chi connectivity index (χ4n) is 4.13. The summed E-state index contributed by atoms with van der Waals surface area (Å²) in [4.78, 5) is 27.9. The second kappa shape index (κ2) is 19.6. The Bertz CT molecular complexity index is 1780. The molecular formula is C32H30ClMgNO10S2. The first-order valence-electron chi connectivity index (χ1n) is 13.5. The molecule has 0 saturated carbocycles. The van der Waals surface area contributed by atoms with Gasteiger partial charge in [0.15, 0.2) is 6.61 Å². The quantitative estimate of drug-likeness (QED) is 0.0906. The van der Waals surface area contributed by atoms with Gasteiger partial charge in [0.25, 0.3) is 0 Å². The summed E-state index contributed by atoms with van der Waals surface area (Å²) in [5, 5.41) is 12.7. The molecule has 0 aliphatic heterocycles. The molecule has 0 spiro atoms. The van der Waals surface area contributed by atoms with E-state index < -0.39 is 27.7 Å². The van der Waals surface area contributed by atoms with Crippen molar-refractivity contribution >= 4 is 91.8 Å². The number of benzene rings is 3. The van der Waals surface area contributed by atoms with Crippen LogP contribution in [0, 0.1) is 0 Å². The Kier molecular flexibility index (Phi) is 16.6. The van der Waals surface area contributed by atoms with E-state index in [1.165, 1.54) is 26.0 Å². The number of carbonyl (C=O) groups is 2. The smallest absolute Gasteiger partial charge is 0.759 e. The molecule has 4 rings (SSSR count). The van der Waals surface area contributed by atoms with Gasteiger partial charge in [-0.2, -0.15) is 11.8 Å². The van der Waals surface area contributed by atoms with Crippen LogP contribution in [-0.2, 0) is 29.5 Å². The van der Waals surface area contributed by atoms with Crippen molar-refractivity contribution in [3.63, 3.8) is 0 Å². The van der Waals surface area contributed by atoms with Crippen LogP contribution in [-0.4, -0.2) is 89.2 Å². The van der Waals surface area contributed by atoms with Crippen molar-refractivity contribution in [3.8, 4) is 5.75 Å². The minimum atomic E-state index is -5.17. The molecule has 4 aromatic rings. The van der Waals surface area contributed by atoms with Gasteiger partial charge in [-0.3, -0.25) is 13.2 Å². The minimum Gasteiger partial charge on any atom is -0.759 e. The topological polar surface area (TPSA) is 175 Å². The van der Waals surface area contributed by atoms with Gasteiger partial charge in [-0.1, -0.05) is 66.2 Å². The molecule has 0 fully saturated rings. The summed E-state index contributed by atoms with van der Waals surface area (Å²) < 4.78 is 49.0. The maximum Gasteiger partial charge on any atom is 2.00 e. The van der Waals surface area contributed by atoms with Crippen LogP contribution in [0.3, 0.4) is 0 Å². The van der Waals surface area contributed by atoms with E-state index in [1.54, 1.807) is 24.3 Å². The summed E-state index contributed by atoms with van der Waals surface area (Å²) in [5.74, 6) is 0.0759. The third kappa shape index (κ3) is 14.2. The molecule has 1 heterocycles. The Hall–Kier alpha value is -3.21. The number of nitrogens with zero attached hydrogens (tertiary/aromatic N) is 1. The third-order valence-corrected chi connectivity index (χ3v) is 7.83. The molecular weight excluding hydrogens is 682 g/mol. The van der Waals surface area contributed by atoms with Gasteiger partial charge in [0.05, 0.1) is 43.2 Å². The summed E-state index contributed by atoms with van der Waals surface area (Å²) >= 11 is 7.59. The zero-order valence-electron chi connectivity index (χ0n) is 25.4. The molecule has 1 aromatic heterocycles. The number of pyridine rings is 1. The number of ether oxygens (including phenoxy) is 3. The van der Waals surface area contributed by atoms with Crippen molar-refractivity contribution in [2.24, 2.45) is 0 Å². The van der Waals surface area contributed by atoms with Gasteiger partial charge in [0.2, 0.25) is 0 Å². The zero-order valence-corrected chi connectivity index (χ0v) is 29.2. The van der Waals surface area contributed by atoms with Gasteiger partial charge in [-0.15, -0.1) is 0 Å². The van der Waals surface area contributed by atoms with Gasteiger partial charge in [-0.25, -0.2) is 9.78 Å². The molecule has 2 unspecified atom stereocenters. The van der Waals surface area contributed by atoms with E-state index in [0.717, 1.165) is 27.7 Å². The second-order valence-electron chi connectivity index (χ2n) is 9.48. The number of aliphatic hydroxyl groups excluding tert-OH is 1. The van der Waals surface area contributed by atoms with Crippen molar-refractivity contribution in [2.75, 3.05) is 26.6 Å². The van der Waals surface area contributed by atoms with Gasteiger partial charge >= 0.3 is 35.0 Å². The van der Waals surface area contributed by atoms with Crippen LogP contribution in [0.5, 0.6) is 5.75 Å². The monoisotopic (exact) mass is 711 g/mol. The number of halogens is 1. The number of methoxy groups -OCH3 is 2. The first-order valence-corrected chi connectivity index (χ1v) is 16.3. The molecule has 0 amide bonds. The predicted octanol–water partition coefficient (Wildman–Crippen LogP) is 4.96. The first-order chi connectivity index (χ1) is 21.9. The first kappa shape index (κ1) is 40.0. The number of rotatable bonds is 12. The molecule has 0 radical (unpaired) electrons. The molecule has 2 atom stereocenters. The van der Waals surface area contributed by atoms with E-state index in [2.05, 4.69) is 9.72 Å². The van der Waals surface area contributed by atoms with Gasteiger partial charge in [0.1, 0.15) is 5.75 Å². The summed E-state index contributed by atoms with van der Waals surface area (Å²) in [6, 6.07) is 24.4. The van der Waals surface area contributed by atoms with Crippen LogP contribution in [0.25, 0.3) is 23.1 Å². The fourth-order valence-corrected chi connectivity index (χ4v) is 5.51. The Morgan fingerprint density at radius 1 is 0.936 bits per heavy atom. The fraction of sp³-hybridized carbons (Fsp3) is 0.219. The van der Waals surface area contributed by atoms with E-state index in [1.807, 2.05) is 66.7 Å². The standard InChI is InChI=1S/C32H30ClNO6S.Mg.H2O4S/c1-38-29(35)15-16-41-32(31(37)23-6-4-8-27(18-23)40-20-30(36)39-2)24-7-3-5-21(17-24)9-13-26-14-11-22-10-12-25(33)19-28(22)34-26;;1-5(2,3)4/h3-14,17-19,31-32,37H,15-16,20H2,1-2H3;;(H2,1,2,3,4)/q;+2;/p-2. The average molecular weight is 712 g/mol. The average Bonchev–Trinajstić information content (AvgIpc) is 3.03. The predicted molar refractivity (Wildman–Crippen MR) is 179 cm³/mol. The molecule has 1 N–H and O–H groups in total. The van der Waals surface area contributed by atoms with Crippen LogP contribution in [0.1, 0.15) is 40.2 Å². The maximum absolute atomic E-state index is 11.8. The van der Waals surface area contributed by atoms with E-state index >= 15 is 0 Å². The van der Waals surface area contributed by atoms with E-state index in [-0.39, 0.29) is 42.0 Å². The van der Waals surface area contributed by atoms with Crippen molar-refractivity contribution in [1.29, 1.82) is 0 Å². The van der Waals surface area contributed by atoms with E-state index in [0.29, 0.717) is 22.1 Å². The molecule has 244 valence electrons. The van der Waals surface area contributed by atoms with Crippen molar-refractivity contribution in [1.82, 2.24) is 4.98 Å². The van der Waals surface area contributed by atoms with Crippen LogP contribution in [0.15, 0.2) is 78.9 Å². The Labute approximate surface area is 298 Å². The Morgan fingerprint density at radius 2 is 1.60 bits per heavy atom. The van der Waals surface area contributed by atoms with Gasteiger partial charge in [-0.05, 0) is 53.1 Å². The summed E-state index contributed by atoms with van der Waals surface area (Å²) in [7, 11) is -2.52. The SMILES string of the molecule is COC(=O)CCSC(c1cccc(C=Cc2ccc3ccc(Cl)cc3n2)c1)C(O)c1cccc(OCC(=O)OC)c1.O=S(=O)([O-])[O-].[Mg+2]. The Morgan fingerprint density at radius 3 is 2.30 bits per heavy atom. The third-order valence-electron chi connectivity index (χ3n) is 6.26. The number of fused-ring (bicyclic) bond motifs is 1. The number of esters is 2. The molecule has 0 saturated heterocycles. The van der Waals surface area contributed by atoms with Gasteiger partial charge < -0.3 is 28.4 Å². The van der Waals surface area contributed by atoms with Gasteiger partial charge in [0, 0.05) is 26.6 Å². The number of aliphatic hydroxyl groups is 1. The largest absolute Gasteiger partial charge is 2.00 e. The summed E-state index contributed by atoms with van der Waals surface area (Å²) in [5.41, 5.74) is 4.03. The maximum atomic E-state index is 11.8. The van der Waals surface area contributed by atoms with Crippen LogP contribution < -0.4 is 4.74 Å². The Balaban J connectivity index is 0.00000119. The van der Waals surface area contributed by atoms with Crippen molar-refractivity contribution in [3.05, 3.63) is 106 Å². The van der Waals surface area contributed by atoms with Crippen molar-refractivity contribution < 1.29 is 46.4 Å². The number of hydrogen-bond donors (Lipinski definition) is 1. The second-order valence-corrected chi connectivity index (χ2v) is 12.0. The number of thioether (sulfide) groups is 1. The minimum absolute atomic E-state index is 0.